The van der Waals surface area contributed by atoms with E-state index >= 15 is 0 Å². The number of benzene rings is 2. The molecule has 0 fully saturated rings. The molecule has 178 valence electrons. The van der Waals surface area contributed by atoms with Gasteiger partial charge in [-0.1, -0.05) is 57.2 Å². The van der Waals surface area contributed by atoms with Crippen LogP contribution >= 0.6 is 0 Å². The minimum Gasteiger partial charge on any atom is -0.484 e. The number of anilines is 1. The molecule has 0 aliphatic rings. The van der Waals surface area contributed by atoms with Gasteiger partial charge in [0, 0.05) is 11.5 Å². The highest BCUT2D eigenvalue weighted by Crippen LogP contribution is 2.26. The minimum absolute atomic E-state index is 0.228. The second-order valence-corrected chi connectivity index (χ2v) is 8.50. The second kappa shape index (κ2) is 11.1. The molecular formula is C25H28N4O5. The molecule has 0 radical (unpaired) electrons. The third-order valence-corrected chi connectivity index (χ3v) is 4.65. The van der Waals surface area contributed by atoms with Crippen molar-refractivity contribution < 1.29 is 23.9 Å². The Morgan fingerprint density at radius 3 is 2.21 bits per heavy atom. The maximum atomic E-state index is 12.4. The van der Waals surface area contributed by atoms with Gasteiger partial charge in [0.05, 0.1) is 11.4 Å². The van der Waals surface area contributed by atoms with E-state index in [1.165, 1.54) is 0 Å². The van der Waals surface area contributed by atoms with E-state index in [0.717, 1.165) is 11.4 Å². The lowest BCUT2D eigenvalue weighted by Crippen LogP contribution is -2.35. The van der Waals surface area contributed by atoms with Gasteiger partial charge in [-0.3, -0.25) is 14.4 Å². The van der Waals surface area contributed by atoms with Gasteiger partial charge in [-0.05, 0) is 24.3 Å². The van der Waals surface area contributed by atoms with E-state index in [4.69, 9.17) is 9.47 Å². The van der Waals surface area contributed by atoms with Crippen LogP contribution in [-0.2, 0) is 24.5 Å². The summed E-state index contributed by atoms with van der Waals surface area (Å²) in [5, 5.41) is 9.75. The van der Waals surface area contributed by atoms with E-state index in [1.807, 2.05) is 57.2 Å². The Labute approximate surface area is 198 Å². The highest BCUT2D eigenvalue weighted by Gasteiger charge is 2.21. The highest BCUT2D eigenvalue weighted by molar-refractivity contribution is 5.92. The van der Waals surface area contributed by atoms with Gasteiger partial charge < -0.3 is 20.1 Å². The summed E-state index contributed by atoms with van der Waals surface area (Å²) in [4.78, 5) is 36.2. The summed E-state index contributed by atoms with van der Waals surface area (Å²) in [7, 11) is 0. The summed E-state index contributed by atoms with van der Waals surface area (Å²) in [6, 6.07) is 20.0. The molecule has 0 unspecified atom stereocenters. The van der Waals surface area contributed by atoms with E-state index in [2.05, 4.69) is 15.7 Å². The van der Waals surface area contributed by atoms with Crippen molar-refractivity contribution in [2.45, 2.75) is 26.2 Å². The zero-order valence-electron chi connectivity index (χ0n) is 19.4. The summed E-state index contributed by atoms with van der Waals surface area (Å²) < 4.78 is 11.9. The normalized spacial score (nSPS) is 10.9. The predicted molar refractivity (Wildman–Crippen MR) is 127 cm³/mol. The molecule has 3 rings (SSSR count). The van der Waals surface area contributed by atoms with Crippen molar-refractivity contribution in [3.63, 3.8) is 0 Å². The number of hydrogen-bond donors (Lipinski definition) is 2. The number of hydrogen-bond acceptors (Lipinski definition) is 6. The summed E-state index contributed by atoms with van der Waals surface area (Å²) in [5.74, 6) is -0.740. The monoisotopic (exact) mass is 464 g/mol. The SMILES string of the molecule is CC(C)(C)c1cc(NC(=O)COC(=O)CNC(=O)COc2ccccc2)n(-c2ccccc2)n1. The van der Waals surface area contributed by atoms with Gasteiger partial charge >= 0.3 is 5.97 Å². The lowest BCUT2D eigenvalue weighted by atomic mass is 9.92. The Bertz CT molecular complexity index is 1120. The first-order chi connectivity index (χ1) is 16.2. The van der Waals surface area contributed by atoms with E-state index in [0.29, 0.717) is 11.6 Å². The van der Waals surface area contributed by atoms with Gasteiger partial charge in [-0.25, -0.2) is 4.68 Å². The Kier molecular flexibility index (Phi) is 8.02. The molecule has 0 aliphatic carbocycles. The molecular weight excluding hydrogens is 436 g/mol. The number of esters is 1. The average Bonchev–Trinajstić information content (AvgIpc) is 3.25. The lowest BCUT2D eigenvalue weighted by Gasteiger charge is -2.14. The van der Waals surface area contributed by atoms with E-state index in [-0.39, 0.29) is 18.6 Å². The molecule has 3 aromatic rings. The van der Waals surface area contributed by atoms with Crippen LogP contribution < -0.4 is 15.4 Å². The fourth-order valence-electron chi connectivity index (χ4n) is 2.87. The van der Waals surface area contributed by atoms with Crippen LogP contribution in [-0.4, -0.2) is 47.3 Å². The summed E-state index contributed by atoms with van der Waals surface area (Å²) >= 11 is 0. The van der Waals surface area contributed by atoms with Gasteiger partial charge in [-0.2, -0.15) is 5.10 Å². The zero-order chi connectivity index (χ0) is 24.6. The molecule has 34 heavy (non-hydrogen) atoms. The van der Waals surface area contributed by atoms with Crippen LogP contribution in [0, 0.1) is 0 Å². The van der Waals surface area contributed by atoms with Crippen molar-refractivity contribution in [2.24, 2.45) is 0 Å². The molecule has 1 heterocycles. The number of carbonyl (C=O) groups is 3. The number of rotatable bonds is 9. The molecule has 2 aromatic carbocycles. The molecule has 0 atom stereocenters. The number of para-hydroxylation sites is 2. The summed E-state index contributed by atoms with van der Waals surface area (Å²) in [5.41, 5.74) is 1.35. The first kappa shape index (κ1) is 24.5. The molecule has 9 heteroatoms. The van der Waals surface area contributed by atoms with Crippen molar-refractivity contribution >= 4 is 23.6 Å². The van der Waals surface area contributed by atoms with Crippen LogP contribution in [0.3, 0.4) is 0 Å². The molecule has 0 aliphatic heterocycles. The minimum atomic E-state index is -0.741. The summed E-state index contributed by atoms with van der Waals surface area (Å²) in [6.45, 7) is 4.96. The van der Waals surface area contributed by atoms with Crippen molar-refractivity contribution in [3.8, 4) is 11.4 Å². The molecule has 0 spiro atoms. The first-order valence-corrected chi connectivity index (χ1v) is 10.8. The van der Waals surface area contributed by atoms with Crippen molar-refractivity contribution in [2.75, 3.05) is 25.1 Å². The number of ether oxygens (including phenoxy) is 2. The van der Waals surface area contributed by atoms with Crippen LogP contribution in [0.2, 0.25) is 0 Å². The molecule has 0 saturated heterocycles. The fourth-order valence-corrected chi connectivity index (χ4v) is 2.87. The Balaban J connectivity index is 1.49. The van der Waals surface area contributed by atoms with E-state index < -0.39 is 24.4 Å². The third-order valence-electron chi connectivity index (χ3n) is 4.65. The van der Waals surface area contributed by atoms with Crippen molar-refractivity contribution in [1.82, 2.24) is 15.1 Å². The fraction of sp³-hybridized carbons (Fsp3) is 0.280. The van der Waals surface area contributed by atoms with Crippen LogP contribution in [0.1, 0.15) is 26.5 Å². The van der Waals surface area contributed by atoms with Crippen LogP contribution in [0.25, 0.3) is 5.69 Å². The Hall–Kier alpha value is -4.14. The second-order valence-electron chi connectivity index (χ2n) is 8.50. The third kappa shape index (κ3) is 7.19. The average molecular weight is 465 g/mol. The van der Waals surface area contributed by atoms with Crippen molar-refractivity contribution in [3.05, 3.63) is 72.4 Å². The molecule has 0 bridgehead atoms. The summed E-state index contributed by atoms with van der Waals surface area (Å²) in [6.07, 6.45) is 0. The van der Waals surface area contributed by atoms with Crippen LogP contribution in [0.4, 0.5) is 5.82 Å². The van der Waals surface area contributed by atoms with E-state index in [1.54, 1.807) is 35.0 Å². The number of carbonyl (C=O) groups excluding carboxylic acids is 3. The topological polar surface area (TPSA) is 112 Å². The molecule has 9 nitrogen and oxygen atoms in total. The Morgan fingerprint density at radius 1 is 0.912 bits per heavy atom. The van der Waals surface area contributed by atoms with Gasteiger partial charge in [0.15, 0.2) is 13.2 Å². The van der Waals surface area contributed by atoms with Crippen molar-refractivity contribution in [1.29, 1.82) is 0 Å². The standard InChI is InChI=1S/C25H28N4O5/c1-25(2,3)20-14-21(29(28-20)18-10-6-4-7-11-18)27-23(31)17-34-24(32)15-26-22(30)16-33-19-12-8-5-9-13-19/h4-14H,15-17H2,1-3H3,(H,26,30)(H,27,31). The van der Waals surface area contributed by atoms with E-state index in [9.17, 15) is 14.4 Å². The van der Waals surface area contributed by atoms with Gasteiger partial charge in [0.1, 0.15) is 18.1 Å². The van der Waals surface area contributed by atoms with Crippen LogP contribution in [0.5, 0.6) is 5.75 Å². The molecule has 2 amide bonds. The Morgan fingerprint density at radius 2 is 1.56 bits per heavy atom. The molecule has 1 aromatic heterocycles. The zero-order valence-corrected chi connectivity index (χ0v) is 19.4. The number of nitrogens with one attached hydrogen (secondary N) is 2. The van der Waals surface area contributed by atoms with Crippen LogP contribution in [0.15, 0.2) is 66.7 Å². The predicted octanol–water partition coefficient (Wildman–Crippen LogP) is 2.85. The number of aromatic nitrogens is 2. The largest absolute Gasteiger partial charge is 0.484 e. The highest BCUT2D eigenvalue weighted by atomic mass is 16.5. The van der Waals surface area contributed by atoms with Gasteiger partial charge in [-0.15, -0.1) is 0 Å². The first-order valence-electron chi connectivity index (χ1n) is 10.8. The maximum Gasteiger partial charge on any atom is 0.325 e. The smallest absolute Gasteiger partial charge is 0.325 e. The van der Waals surface area contributed by atoms with Gasteiger partial charge in [0.25, 0.3) is 11.8 Å². The molecule has 2 N–H and O–H groups in total. The number of nitrogens with zero attached hydrogens (tertiary/aromatic N) is 2. The molecule has 0 saturated carbocycles. The lowest BCUT2D eigenvalue weighted by molar-refractivity contribution is -0.147. The number of amides is 2. The quantitative estimate of drug-likeness (QED) is 0.471. The maximum absolute atomic E-state index is 12.4. The van der Waals surface area contributed by atoms with Gasteiger partial charge in [0.2, 0.25) is 0 Å².